The number of hydrogen-bond acceptors (Lipinski definition) is 5. The number of ether oxygens (including phenoxy) is 2. The van der Waals surface area contributed by atoms with Crippen LogP contribution in [0, 0.1) is 0 Å². The van der Waals surface area contributed by atoms with Gasteiger partial charge in [-0.25, -0.2) is 9.89 Å². The van der Waals surface area contributed by atoms with E-state index in [2.05, 4.69) is 14.9 Å². The first-order chi connectivity index (χ1) is 8.17. The van der Waals surface area contributed by atoms with Gasteiger partial charge in [0, 0.05) is 5.39 Å². The lowest BCUT2D eigenvalue weighted by atomic mass is 10.1. The van der Waals surface area contributed by atoms with Crippen LogP contribution in [0.4, 0.5) is 0 Å². The van der Waals surface area contributed by atoms with Crippen molar-refractivity contribution in [1.29, 1.82) is 0 Å². The smallest absolute Gasteiger partial charge is 0.359 e. The lowest BCUT2D eigenvalue weighted by Gasteiger charge is -2.04. The topological polar surface area (TPSA) is 81.3 Å². The van der Waals surface area contributed by atoms with Gasteiger partial charge in [-0.15, -0.1) is 0 Å². The highest BCUT2D eigenvalue weighted by Gasteiger charge is 2.14. The molecule has 0 aliphatic carbocycles. The number of hydrogen-bond donors (Lipinski definition) is 1. The van der Waals surface area contributed by atoms with E-state index in [0.29, 0.717) is 16.5 Å². The van der Waals surface area contributed by atoms with E-state index in [4.69, 9.17) is 4.74 Å². The van der Waals surface area contributed by atoms with E-state index >= 15 is 0 Å². The standard InChI is InChI=1S/C11H10N2O4/c1-16-6-3-4-7-8(5-6)10(14)13-12-9(7)11(15)17-2/h3-5H,1-2H3,(H,13,14). The number of fused-ring (bicyclic) bond motifs is 1. The molecule has 1 heterocycles. The zero-order chi connectivity index (χ0) is 12.4. The largest absolute Gasteiger partial charge is 0.497 e. The van der Waals surface area contributed by atoms with Gasteiger partial charge in [-0.1, -0.05) is 0 Å². The Labute approximate surface area is 96.2 Å². The molecule has 0 bridgehead atoms. The number of methoxy groups -OCH3 is 2. The summed E-state index contributed by atoms with van der Waals surface area (Å²) in [6, 6.07) is 4.79. The molecule has 0 amide bonds. The molecule has 6 heteroatoms. The maximum atomic E-state index is 11.6. The number of carbonyl (C=O) groups excluding carboxylic acids is 1. The van der Waals surface area contributed by atoms with Gasteiger partial charge in [-0.05, 0) is 18.2 Å². The molecule has 88 valence electrons. The van der Waals surface area contributed by atoms with Crippen LogP contribution >= 0.6 is 0 Å². The first-order valence-corrected chi connectivity index (χ1v) is 4.82. The number of benzene rings is 1. The summed E-state index contributed by atoms with van der Waals surface area (Å²) >= 11 is 0. The highest BCUT2D eigenvalue weighted by molar-refractivity contribution is 6.02. The van der Waals surface area contributed by atoms with Gasteiger partial charge >= 0.3 is 5.97 Å². The van der Waals surface area contributed by atoms with Crippen LogP contribution in [-0.4, -0.2) is 30.4 Å². The van der Waals surface area contributed by atoms with E-state index in [0.717, 1.165) is 0 Å². The van der Waals surface area contributed by atoms with Crippen molar-refractivity contribution in [2.45, 2.75) is 0 Å². The van der Waals surface area contributed by atoms with Crippen LogP contribution in [0.15, 0.2) is 23.0 Å². The number of nitrogens with zero attached hydrogens (tertiary/aromatic N) is 1. The molecule has 0 aliphatic rings. The summed E-state index contributed by atoms with van der Waals surface area (Å²) in [6.45, 7) is 0. The monoisotopic (exact) mass is 234 g/mol. The van der Waals surface area contributed by atoms with Crippen molar-refractivity contribution in [3.05, 3.63) is 34.2 Å². The molecule has 2 rings (SSSR count). The fourth-order valence-electron chi connectivity index (χ4n) is 1.52. The number of aromatic nitrogens is 2. The van der Waals surface area contributed by atoms with Gasteiger partial charge < -0.3 is 9.47 Å². The lowest BCUT2D eigenvalue weighted by molar-refractivity contribution is 0.0595. The van der Waals surface area contributed by atoms with Crippen molar-refractivity contribution < 1.29 is 14.3 Å². The van der Waals surface area contributed by atoms with Crippen LogP contribution in [0.3, 0.4) is 0 Å². The molecule has 0 fully saturated rings. The molecule has 2 aromatic rings. The normalized spacial score (nSPS) is 10.2. The Morgan fingerprint density at radius 3 is 2.71 bits per heavy atom. The Balaban J connectivity index is 2.78. The minimum atomic E-state index is -0.601. The molecule has 0 saturated carbocycles. The summed E-state index contributed by atoms with van der Waals surface area (Å²) < 4.78 is 9.60. The first-order valence-electron chi connectivity index (χ1n) is 4.82. The van der Waals surface area contributed by atoms with Crippen molar-refractivity contribution in [3.8, 4) is 5.75 Å². The summed E-state index contributed by atoms with van der Waals surface area (Å²) in [7, 11) is 2.75. The zero-order valence-corrected chi connectivity index (χ0v) is 9.31. The minimum absolute atomic E-state index is 0.0738. The van der Waals surface area contributed by atoms with Crippen LogP contribution in [-0.2, 0) is 4.74 Å². The van der Waals surface area contributed by atoms with Gasteiger partial charge in [0.2, 0.25) is 0 Å². The molecular weight excluding hydrogens is 224 g/mol. The van der Waals surface area contributed by atoms with Gasteiger partial charge in [-0.3, -0.25) is 4.79 Å². The van der Waals surface area contributed by atoms with Crippen LogP contribution in [0.25, 0.3) is 10.8 Å². The molecule has 6 nitrogen and oxygen atoms in total. The van der Waals surface area contributed by atoms with E-state index in [9.17, 15) is 9.59 Å². The fraction of sp³-hybridized carbons (Fsp3) is 0.182. The second kappa shape index (κ2) is 4.25. The number of H-pyrrole nitrogens is 1. The van der Waals surface area contributed by atoms with Crippen molar-refractivity contribution in [1.82, 2.24) is 10.2 Å². The average Bonchev–Trinajstić information content (AvgIpc) is 2.38. The Morgan fingerprint density at radius 1 is 1.29 bits per heavy atom. The van der Waals surface area contributed by atoms with Crippen LogP contribution < -0.4 is 10.3 Å². The number of aromatic amines is 1. The Bertz CT molecular complexity index is 633. The molecule has 1 aromatic carbocycles. The van der Waals surface area contributed by atoms with Crippen molar-refractivity contribution in [2.24, 2.45) is 0 Å². The van der Waals surface area contributed by atoms with Gasteiger partial charge in [0.05, 0.1) is 19.6 Å². The van der Waals surface area contributed by atoms with Crippen molar-refractivity contribution in [2.75, 3.05) is 14.2 Å². The molecule has 0 atom stereocenters. The number of nitrogens with one attached hydrogen (secondary N) is 1. The summed E-state index contributed by atoms with van der Waals surface area (Å²) in [5, 5.41) is 6.69. The third-order valence-corrected chi connectivity index (χ3v) is 2.37. The van der Waals surface area contributed by atoms with Gasteiger partial charge in [-0.2, -0.15) is 5.10 Å². The number of rotatable bonds is 2. The fourth-order valence-corrected chi connectivity index (χ4v) is 1.52. The summed E-state index contributed by atoms with van der Waals surface area (Å²) in [5.74, 6) is -0.0681. The van der Waals surface area contributed by atoms with E-state index in [1.165, 1.54) is 14.2 Å². The van der Waals surface area contributed by atoms with E-state index in [1.54, 1.807) is 18.2 Å². The third-order valence-electron chi connectivity index (χ3n) is 2.37. The molecule has 17 heavy (non-hydrogen) atoms. The Hall–Kier alpha value is -2.37. The second-order valence-electron chi connectivity index (χ2n) is 3.30. The van der Waals surface area contributed by atoms with Gasteiger partial charge in [0.1, 0.15) is 5.75 Å². The maximum absolute atomic E-state index is 11.6. The average molecular weight is 234 g/mol. The van der Waals surface area contributed by atoms with Crippen molar-refractivity contribution >= 4 is 16.7 Å². The summed E-state index contributed by atoms with van der Waals surface area (Å²) in [4.78, 5) is 23.0. The van der Waals surface area contributed by atoms with Gasteiger partial charge in [0.25, 0.3) is 5.56 Å². The van der Waals surface area contributed by atoms with E-state index in [1.807, 2.05) is 0 Å². The molecule has 0 saturated heterocycles. The van der Waals surface area contributed by atoms with Crippen LogP contribution in [0.5, 0.6) is 5.75 Å². The molecule has 0 radical (unpaired) electrons. The maximum Gasteiger partial charge on any atom is 0.359 e. The molecule has 0 spiro atoms. The first kappa shape index (κ1) is 11.1. The quantitative estimate of drug-likeness (QED) is 0.774. The Morgan fingerprint density at radius 2 is 2.06 bits per heavy atom. The molecule has 1 aromatic heterocycles. The van der Waals surface area contributed by atoms with Crippen molar-refractivity contribution in [3.63, 3.8) is 0 Å². The SMILES string of the molecule is COC(=O)c1n[nH]c(=O)c2cc(OC)ccc12. The zero-order valence-electron chi connectivity index (χ0n) is 9.31. The highest BCUT2D eigenvalue weighted by atomic mass is 16.5. The summed E-state index contributed by atoms with van der Waals surface area (Å²) in [5.41, 5.74) is -0.309. The molecule has 0 unspecified atom stereocenters. The highest BCUT2D eigenvalue weighted by Crippen LogP contribution is 2.19. The minimum Gasteiger partial charge on any atom is -0.497 e. The van der Waals surface area contributed by atoms with Gasteiger partial charge in [0.15, 0.2) is 5.69 Å². The number of carbonyl (C=O) groups is 1. The second-order valence-corrected chi connectivity index (χ2v) is 3.30. The number of esters is 1. The molecule has 0 aliphatic heterocycles. The van der Waals surface area contributed by atoms with E-state index < -0.39 is 5.97 Å². The van der Waals surface area contributed by atoms with E-state index in [-0.39, 0.29) is 11.3 Å². The molecular formula is C11H10N2O4. The lowest BCUT2D eigenvalue weighted by Crippen LogP contribution is -2.15. The Kier molecular flexibility index (Phi) is 2.78. The van der Waals surface area contributed by atoms with Crippen LogP contribution in [0.2, 0.25) is 0 Å². The predicted octanol–water partition coefficient (Wildman–Crippen LogP) is 0.718. The third kappa shape index (κ3) is 1.84. The predicted molar refractivity (Wildman–Crippen MR) is 60.3 cm³/mol. The molecule has 1 N–H and O–H groups in total. The summed E-state index contributed by atoms with van der Waals surface area (Å²) in [6.07, 6.45) is 0. The van der Waals surface area contributed by atoms with Crippen LogP contribution in [0.1, 0.15) is 10.5 Å².